The van der Waals surface area contributed by atoms with Gasteiger partial charge in [-0.1, -0.05) is 12.1 Å². The molecule has 178 valence electrons. The van der Waals surface area contributed by atoms with Gasteiger partial charge in [-0.05, 0) is 68.1 Å². The molecule has 0 spiro atoms. The van der Waals surface area contributed by atoms with Crippen LogP contribution in [0.1, 0.15) is 28.1 Å². The number of carbonyl (C=O) groups is 1. The van der Waals surface area contributed by atoms with Crippen molar-refractivity contribution >= 4 is 28.1 Å². The first-order chi connectivity index (χ1) is 16.5. The van der Waals surface area contributed by atoms with Crippen LogP contribution in [0.25, 0.3) is 0 Å². The maximum absolute atomic E-state index is 13.3. The molecule has 1 N–H and O–H groups in total. The smallest absolute Gasteiger partial charge is 0.258 e. The SMILES string of the molecule is COc1ccc(C(C)S(=O)c2ncccc2C(=O)Nc2ccc(N3CCN(C)CC3)cc2)cc1. The topological polar surface area (TPSA) is 74.8 Å². The Morgan fingerprint density at radius 1 is 1.03 bits per heavy atom. The first-order valence-electron chi connectivity index (χ1n) is 11.3. The number of pyridine rings is 1. The van der Waals surface area contributed by atoms with E-state index in [4.69, 9.17) is 4.74 Å². The monoisotopic (exact) mass is 478 g/mol. The number of rotatable bonds is 7. The van der Waals surface area contributed by atoms with Gasteiger partial charge in [0.15, 0.2) is 0 Å². The number of nitrogens with zero attached hydrogens (tertiary/aromatic N) is 3. The highest BCUT2D eigenvalue weighted by atomic mass is 32.2. The lowest BCUT2D eigenvalue weighted by Gasteiger charge is -2.34. The number of hydrogen-bond donors (Lipinski definition) is 1. The Bertz CT molecular complexity index is 1140. The van der Waals surface area contributed by atoms with Gasteiger partial charge in [-0.3, -0.25) is 9.00 Å². The molecule has 1 fully saturated rings. The van der Waals surface area contributed by atoms with Crippen LogP contribution in [0.4, 0.5) is 11.4 Å². The molecule has 8 heteroatoms. The molecule has 0 aliphatic carbocycles. The number of amides is 1. The van der Waals surface area contributed by atoms with Crippen LogP contribution in [0.15, 0.2) is 71.9 Å². The van der Waals surface area contributed by atoms with Crippen molar-refractivity contribution in [3.05, 3.63) is 78.0 Å². The van der Waals surface area contributed by atoms with Crippen molar-refractivity contribution in [2.75, 3.05) is 50.6 Å². The molecule has 1 aliphatic heterocycles. The van der Waals surface area contributed by atoms with Crippen molar-refractivity contribution in [2.45, 2.75) is 17.2 Å². The van der Waals surface area contributed by atoms with E-state index in [1.165, 1.54) is 0 Å². The lowest BCUT2D eigenvalue weighted by molar-refractivity contribution is 0.102. The van der Waals surface area contributed by atoms with E-state index in [1.54, 1.807) is 25.4 Å². The summed E-state index contributed by atoms with van der Waals surface area (Å²) >= 11 is 0. The van der Waals surface area contributed by atoms with Gasteiger partial charge in [0.25, 0.3) is 5.91 Å². The fourth-order valence-corrected chi connectivity index (χ4v) is 5.19. The minimum atomic E-state index is -1.51. The van der Waals surface area contributed by atoms with Gasteiger partial charge in [0.2, 0.25) is 0 Å². The van der Waals surface area contributed by atoms with E-state index in [1.807, 2.05) is 55.5 Å². The van der Waals surface area contributed by atoms with Crippen molar-refractivity contribution in [2.24, 2.45) is 0 Å². The zero-order valence-corrected chi connectivity index (χ0v) is 20.5. The number of hydrogen-bond acceptors (Lipinski definition) is 6. The molecule has 1 amide bonds. The van der Waals surface area contributed by atoms with Crippen molar-refractivity contribution in [1.29, 1.82) is 0 Å². The fourth-order valence-electron chi connectivity index (χ4n) is 3.91. The summed E-state index contributed by atoms with van der Waals surface area (Å²) < 4.78 is 18.6. The molecular weight excluding hydrogens is 448 g/mol. The van der Waals surface area contributed by atoms with Crippen LogP contribution in [0, 0.1) is 0 Å². The molecule has 3 aromatic rings. The van der Waals surface area contributed by atoms with Crippen molar-refractivity contribution in [3.8, 4) is 5.75 Å². The van der Waals surface area contributed by atoms with E-state index < -0.39 is 10.8 Å². The summed E-state index contributed by atoms with van der Waals surface area (Å²) in [5.41, 5.74) is 3.02. The van der Waals surface area contributed by atoms with Crippen molar-refractivity contribution in [3.63, 3.8) is 0 Å². The second-order valence-electron chi connectivity index (χ2n) is 8.36. The summed E-state index contributed by atoms with van der Waals surface area (Å²) in [6, 6.07) is 18.6. The minimum Gasteiger partial charge on any atom is -0.497 e. The molecule has 2 unspecified atom stereocenters. The number of likely N-dealkylation sites (N-methyl/N-ethyl adjacent to an activating group) is 1. The predicted octanol–water partition coefficient (Wildman–Crippen LogP) is 3.96. The minimum absolute atomic E-state index is 0.275. The van der Waals surface area contributed by atoms with Gasteiger partial charge >= 0.3 is 0 Å². The second-order valence-corrected chi connectivity index (χ2v) is 10.0. The lowest BCUT2D eigenvalue weighted by atomic mass is 10.1. The van der Waals surface area contributed by atoms with Crippen LogP contribution in [-0.2, 0) is 10.8 Å². The highest BCUT2D eigenvalue weighted by Gasteiger charge is 2.23. The van der Waals surface area contributed by atoms with E-state index >= 15 is 0 Å². The van der Waals surface area contributed by atoms with Gasteiger partial charge in [0, 0.05) is 43.8 Å². The average Bonchev–Trinajstić information content (AvgIpc) is 2.89. The van der Waals surface area contributed by atoms with E-state index in [-0.39, 0.29) is 16.2 Å². The molecule has 1 aromatic heterocycles. The maximum atomic E-state index is 13.3. The summed E-state index contributed by atoms with van der Waals surface area (Å²) in [4.78, 5) is 22.1. The molecular formula is C26H30N4O3S. The van der Waals surface area contributed by atoms with Gasteiger partial charge in [-0.25, -0.2) is 4.98 Å². The number of benzene rings is 2. The molecule has 0 bridgehead atoms. The number of ether oxygens (including phenoxy) is 1. The normalized spacial score (nSPS) is 16.0. The van der Waals surface area contributed by atoms with Crippen LogP contribution in [0.3, 0.4) is 0 Å². The highest BCUT2D eigenvalue weighted by Crippen LogP contribution is 2.28. The van der Waals surface area contributed by atoms with Crippen LogP contribution in [0.2, 0.25) is 0 Å². The molecule has 34 heavy (non-hydrogen) atoms. The Balaban J connectivity index is 1.47. The summed E-state index contributed by atoms with van der Waals surface area (Å²) in [7, 11) is 2.23. The molecule has 2 heterocycles. The molecule has 0 saturated carbocycles. The fraction of sp³-hybridized carbons (Fsp3) is 0.308. The summed E-state index contributed by atoms with van der Waals surface area (Å²) in [5, 5.41) is 2.87. The molecule has 2 aromatic carbocycles. The van der Waals surface area contributed by atoms with Gasteiger partial charge in [-0.2, -0.15) is 0 Å². The third-order valence-corrected chi connectivity index (χ3v) is 7.73. The maximum Gasteiger partial charge on any atom is 0.258 e. The molecule has 1 saturated heterocycles. The third kappa shape index (κ3) is 5.46. The largest absolute Gasteiger partial charge is 0.497 e. The number of methoxy groups -OCH3 is 1. The lowest BCUT2D eigenvalue weighted by Crippen LogP contribution is -2.44. The third-order valence-electron chi connectivity index (χ3n) is 6.11. The first kappa shape index (κ1) is 23.9. The standard InChI is InChI=1S/C26H30N4O3S/c1-19(20-6-12-23(33-3)13-7-20)34(32)26-24(5-4-14-27-26)25(31)28-21-8-10-22(11-9-21)30-17-15-29(2)16-18-30/h4-14,19H,15-18H2,1-3H3,(H,28,31). The number of nitrogens with one attached hydrogen (secondary N) is 1. The Labute approximate surface area is 203 Å². The van der Waals surface area contributed by atoms with Crippen molar-refractivity contribution in [1.82, 2.24) is 9.88 Å². The Morgan fingerprint density at radius 2 is 1.71 bits per heavy atom. The summed E-state index contributed by atoms with van der Waals surface area (Å²) in [6.07, 6.45) is 1.57. The van der Waals surface area contributed by atoms with E-state index in [0.29, 0.717) is 11.3 Å². The first-order valence-corrected chi connectivity index (χ1v) is 12.5. The highest BCUT2D eigenvalue weighted by molar-refractivity contribution is 7.85. The number of piperazine rings is 1. The van der Waals surface area contributed by atoms with Gasteiger partial charge in [0.05, 0.1) is 28.7 Å². The van der Waals surface area contributed by atoms with Crippen LogP contribution in [-0.4, -0.2) is 60.3 Å². The van der Waals surface area contributed by atoms with Gasteiger partial charge in [-0.15, -0.1) is 0 Å². The number of aromatic nitrogens is 1. The second kappa shape index (κ2) is 10.8. The Hall–Kier alpha value is -3.23. The Kier molecular flexibility index (Phi) is 7.59. The zero-order valence-electron chi connectivity index (χ0n) is 19.7. The quantitative estimate of drug-likeness (QED) is 0.554. The average molecular weight is 479 g/mol. The molecule has 4 rings (SSSR count). The summed E-state index contributed by atoms with van der Waals surface area (Å²) in [6.45, 7) is 5.91. The van der Waals surface area contributed by atoms with Crippen LogP contribution < -0.4 is 15.0 Å². The zero-order chi connectivity index (χ0) is 24.1. The Morgan fingerprint density at radius 3 is 2.35 bits per heavy atom. The van der Waals surface area contributed by atoms with E-state index in [9.17, 15) is 9.00 Å². The molecule has 2 atom stereocenters. The summed E-state index contributed by atoms with van der Waals surface area (Å²) in [5.74, 6) is 0.406. The number of anilines is 2. The van der Waals surface area contributed by atoms with E-state index in [2.05, 4.69) is 27.1 Å². The molecule has 0 radical (unpaired) electrons. The number of carbonyl (C=O) groups excluding carboxylic acids is 1. The predicted molar refractivity (Wildman–Crippen MR) is 136 cm³/mol. The van der Waals surface area contributed by atoms with E-state index in [0.717, 1.165) is 43.2 Å². The molecule has 1 aliphatic rings. The molecule has 7 nitrogen and oxygen atoms in total. The van der Waals surface area contributed by atoms with Crippen LogP contribution >= 0.6 is 0 Å². The van der Waals surface area contributed by atoms with Crippen molar-refractivity contribution < 1.29 is 13.7 Å². The van der Waals surface area contributed by atoms with Crippen LogP contribution in [0.5, 0.6) is 5.75 Å². The van der Waals surface area contributed by atoms with Gasteiger partial charge in [0.1, 0.15) is 10.8 Å². The van der Waals surface area contributed by atoms with Gasteiger partial charge < -0.3 is 19.9 Å².